The molecular formula is C58H112N+. The van der Waals surface area contributed by atoms with Crippen LogP contribution in [0.25, 0.3) is 0 Å². The monoisotopic (exact) mass is 823 g/mol. The highest BCUT2D eigenvalue weighted by Gasteiger charge is 2.15. The van der Waals surface area contributed by atoms with Crippen LogP contribution in [0, 0.1) is 0 Å². The van der Waals surface area contributed by atoms with E-state index in [2.05, 4.69) is 43.7 Å². The molecule has 1 heteroatoms. The summed E-state index contributed by atoms with van der Waals surface area (Å²) in [7, 11) is 0. The van der Waals surface area contributed by atoms with Crippen LogP contribution >= 0.6 is 0 Å². The van der Waals surface area contributed by atoms with E-state index < -0.39 is 0 Å². The van der Waals surface area contributed by atoms with Gasteiger partial charge in [-0.1, -0.05) is 297 Å². The Morgan fingerprint density at radius 3 is 0.797 bits per heavy atom. The van der Waals surface area contributed by atoms with Crippen LogP contribution in [0.5, 0.6) is 0 Å². The summed E-state index contributed by atoms with van der Waals surface area (Å²) < 4.78 is 2.70. The summed E-state index contributed by atoms with van der Waals surface area (Å²) in [6, 6.07) is 4.87. The van der Waals surface area contributed by atoms with Crippen LogP contribution in [-0.4, -0.2) is 0 Å². The molecule has 0 bridgehead atoms. The number of hydrogen-bond acceptors (Lipinski definition) is 0. The number of rotatable bonds is 50. The summed E-state index contributed by atoms with van der Waals surface area (Å²) in [4.78, 5) is 0. The molecule has 0 unspecified atom stereocenters. The molecule has 0 atom stereocenters. The molecule has 0 saturated heterocycles. The molecule has 1 nitrogen and oxygen atoms in total. The van der Waals surface area contributed by atoms with E-state index in [-0.39, 0.29) is 0 Å². The van der Waals surface area contributed by atoms with Gasteiger partial charge in [0, 0.05) is 24.5 Å². The van der Waals surface area contributed by atoms with Crippen LogP contribution in [0.2, 0.25) is 0 Å². The van der Waals surface area contributed by atoms with Crippen LogP contribution in [0.15, 0.2) is 18.3 Å². The maximum atomic E-state index is 2.70. The molecule has 0 spiro atoms. The molecule has 1 heterocycles. The van der Waals surface area contributed by atoms with E-state index >= 15 is 0 Å². The van der Waals surface area contributed by atoms with Crippen LogP contribution in [-0.2, 0) is 19.4 Å². The van der Waals surface area contributed by atoms with Crippen molar-refractivity contribution in [2.75, 3.05) is 0 Å². The number of pyridine rings is 1. The Balaban J connectivity index is 2.30. The molecule has 0 aliphatic rings. The van der Waals surface area contributed by atoms with Crippen molar-refractivity contribution < 1.29 is 4.57 Å². The summed E-state index contributed by atoms with van der Waals surface area (Å²) >= 11 is 0. The molecule has 348 valence electrons. The third-order valence-corrected chi connectivity index (χ3v) is 13.9. The Hall–Kier alpha value is -0.850. The van der Waals surface area contributed by atoms with Gasteiger partial charge in [-0.05, 0) is 31.7 Å². The maximum Gasteiger partial charge on any atom is 0.184 e. The first-order chi connectivity index (χ1) is 29.3. The average Bonchev–Trinajstić information content (AvgIpc) is 3.25. The van der Waals surface area contributed by atoms with E-state index in [1.807, 2.05) is 0 Å². The van der Waals surface area contributed by atoms with Crippen molar-refractivity contribution in [3.05, 3.63) is 29.6 Å². The molecule has 0 aliphatic heterocycles. The van der Waals surface area contributed by atoms with Gasteiger partial charge in [-0.2, -0.15) is 0 Å². The fraction of sp³-hybridized carbons (Fsp3) is 0.914. The minimum Gasteiger partial charge on any atom is -0.202 e. The van der Waals surface area contributed by atoms with Gasteiger partial charge in [-0.3, -0.25) is 0 Å². The molecule has 0 saturated carbocycles. The normalized spacial score (nSPS) is 11.6. The summed E-state index contributed by atoms with van der Waals surface area (Å²) in [6.07, 6.45) is 73.2. The van der Waals surface area contributed by atoms with E-state index in [1.54, 1.807) is 11.3 Å². The molecule has 0 aliphatic carbocycles. The van der Waals surface area contributed by atoms with Gasteiger partial charge in [0.15, 0.2) is 11.9 Å². The molecular weight excluding hydrogens is 711 g/mol. The van der Waals surface area contributed by atoms with Crippen molar-refractivity contribution in [2.24, 2.45) is 0 Å². The van der Waals surface area contributed by atoms with Crippen molar-refractivity contribution in [3.63, 3.8) is 0 Å². The van der Waals surface area contributed by atoms with E-state index in [0.717, 1.165) is 0 Å². The lowest BCUT2D eigenvalue weighted by atomic mass is 9.99. The zero-order valence-electron chi connectivity index (χ0n) is 41.5. The molecule has 0 amide bonds. The van der Waals surface area contributed by atoms with Crippen molar-refractivity contribution in [1.29, 1.82) is 0 Å². The van der Waals surface area contributed by atoms with E-state index in [1.165, 1.54) is 321 Å². The van der Waals surface area contributed by atoms with E-state index in [9.17, 15) is 0 Å². The van der Waals surface area contributed by atoms with E-state index in [0.29, 0.717) is 0 Å². The van der Waals surface area contributed by atoms with Crippen molar-refractivity contribution in [2.45, 2.75) is 342 Å². The third kappa shape index (κ3) is 39.7. The highest BCUT2D eigenvalue weighted by atomic mass is 15.0. The topological polar surface area (TPSA) is 3.88 Å². The molecule has 1 aromatic rings. The first-order valence-corrected chi connectivity index (χ1v) is 28.3. The molecule has 1 aromatic heterocycles. The first kappa shape index (κ1) is 56.2. The second-order valence-corrected chi connectivity index (χ2v) is 19.7. The number of aryl methyl sites for hydroxylation is 2. The van der Waals surface area contributed by atoms with Gasteiger partial charge in [0.05, 0.1) is 0 Å². The van der Waals surface area contributed by atoms with Crippen molar-refractivity contribution in [1.82, 2.24) is 0 Å². The fourth-order valence-electron chi connectivity index (χ4n) is 9.73. The maximum absolute atomic E-state index is 2.70. The lowest BCUT2D eigenvalue weighted by Gasteiger charge is -2.11. The highest BCUT2D eigenvalue weighted by Crippen LogP contribution is 2.19. The van der Waals surface area contributed by atoms with Gasteiger partial charge in [0.2, 0.25) is 0 Å². The smallest absolute Gasteiger partial charge is 0.184 e. The summed E-state index contributed by atoms with van der Waals surface area (Å²) in [5, 5.41) is 0. The van der Waals surface area contributed by atoms with Crippen molar-refractivity contribution >= 4 is 0 Å². The predicted molar refractivity (Wildman–Crippen MR) is 268 cm³/mol. The number of unbranched alkanes of at least 4 members (excludes halogenated alkanes) is 44. The third-order valence-electron chi connectivity index (χ3n) is 13.9. The van der Waals surface area contributed by atoms with Gasteiger partial charge < -0.3 is 0 Å². The zero-order valence-corrected chi connectivity index (χ0v) is 41.5. The summed E-state index contributed by atoms with van der Waals surface area (Å²) in [5.74, 6) is 0. The minimum absolute atomic E-state index is 1.24. The second kappa shape index (κ2) is 48.2. The lowest BCUT2D eigenvalue weighted by molar-refractivity contribution is -0.705. The minimum atomic E-state index is 1.24. The van der Waals surface area contributed by atoms with Crippen LogP contribution in [0.1, 0.15) is 334 Å². The van der Waals surface area contributed by atoms with Gasteiger partial charge in [-0.25, -0.2) is 4.57 Å². The standard InChI is InChI=1S/C58H112N/c1-4-7-10-13-16-19-22-25-28-29-32-35-38-41-44-47-50-55-59-56-51-53-57(52-48-45-42-39-36-33-30-26-23-20-17-14-11-8-5-2)58(59)54-49-46-43-40-37-34-31-27-24-21-18-15-12-9-6-3/h51,53,56H,4-50,52,54-55H2,1-3H3/q+1. The molecule has 59 heavy (non-hydrogen) atoms. The first-order valence-electron chi connectivity index (χ1n) is 28.3. The van der Waals surface area contributed by atoms with Gasteiger partial charge in [0.25, 0.3) is 0 Å². The Morgan fingerprint density at radius 1 is 0.271 bits per heavy atom. The largest absolute Gasteiger partial charge is 0.202 e. The number of aromatic nitrogens is 1. The molecule has 0 N–H and O–H groups in total. The molecule has 0 aromatic carbocycles. The second-order valence-electron chi connectivity index (χ2n) is 19.7. The fourth-order valence-corrected chi connectivity index (χ4v) is 9.73. The van der Waals surface area contributed by atoms with Crippen molar-refractivity contribution in [3.8, 4) is 0 Å². The SMILES string of the molecule is CCCCCCCCCCCCCCCCCCC[n+]1cccc(CCCCCCCCCCCCCCCCC)c1CCCCCCCCCCCCCCCCC. The Bertz CT molecular complexity index is 920. The summed E-state index contributed by atoms with van der Waals surface area (Å²) in [5.41, 5.74) is 3.38. The van der Waals surface area contributed by atoms with Gasteiger partial charge in [0.1, 0.15) is 6.54 Å². The van der Waals surface area contributed by atoms with Gasteiger partial charge in [-0.15, -0.1) is 0 Å². The Kier molecular flexibility index (Phi) is 45.9. The molecule has 0 radical (unpaired) electrons. The van der Waals surface area contributed by atoms with Gasteiger partial charge >= 0.3 is 0 Å². The van der Waals surface area contributed by atoms with E-state index in [4.69, 9.17) is 0 Å². The highest BCUT2D eigenvalue weighted by molar-refractivity contribution is 5.16. The van der Waals surface area contributed by atoms with Crippen LogP contribution in [0.4, 0.5) is 0 Å². The average molecular weight is 824 g/mol. The zero-order chi connectivity index (χ0) is 42.2. The van der Waals surface area contributed by atoms with Crippen LogP contribution in [0.3, 0.4) is 0 Å². The number of hydrogen-bond donors (Lipinski definition) is 0. The number of nitrogens with zero attached hydrogens (tertiary/aromatic N) is 1. The Labute approximate surface area is 374 Å². The lowest BCUT2D eigenvalue weighted by Crippen LogP contribution is -2.39. The molecule has 0 fully saturated rings. The van der Waals surface area contributed by atoms with Crippen LogP contribution < -0.4 is 4.57 Å². The molecule has 1 rings (SSSR count). The quantitative estimate of drug-likeness (QED) is 0.0455. The predicted octanol–water partition coefficient (Wildman–Crippen LogP) is 20.5. The Morgan fingerprint density at radius 2 is 0.508 bits per heavy atom. The summed E-state index contributed by atoms with van der Waals surface area (Å²) in [6.45, 7) is 8.19.